The fourth-order valence-corrected chi connectivity index (χ4v) is 2.63. The van der Waals surface area contributed by atoms with Crippen LogP contribution in [0.4, 0.5) is 16.2 Å². The van der Waals surface area contributed by atoms with E-state index in [-0.39, 0.29) is 16.9 Å². The van der Waals surface area contributed by atoms with E-state index in [2.05, 4.69) is 5.32 Å². The van der Waals surface area contributed by atoms with Gasteiger partial charge in [0.25, 0.3) is 15.7 Å². The molecule has 10 nitrogen and oxygen atoms in total. The van der Waals surface area contributed by atoms with Gasteiger partial charge in [-0.3, -0.25) is 10.1 Å². The third-order valence-electron chi connectivity index (χ3n) is 3.11. The van der Waals surface area contributed by atoms with Crippen molar-refractivity contribution in [2.45, 2.75) is 24.5 Å². The first-order valence-electron chi connectivity index (χ1n) is 6.89. The first-order chi connectivity index (χ1) is 11.5. The molecule has 0 bridgehead atoms. The molecule has 1 aromatic carbocycles. The molecule has 2 aromatic rings. The highest BCUT2D eigenvalue weighted by molar-refractivity contribution is 7.89. The van der Waals surface area contributed by atoms with Gasteiger partial charge in [-0.15, -0.1) is 0 Å². The van der Waals surface area contributed by atoms with Gasteiger partial charge in [-0.1, -0.05) is 0 Å². The van der Waals surface area contributed by atoms with Crippen molar-refractivity contribution in [1.82, 2.24) is 4.72 Å². The molecule has 0 fully saturated rings. The summed E-state index contributed by atoms with van der Waals surface area (Å²) in [6.07, 6.45) is 1.07. The molecule has 1 heterocycles. The smallest absolute Gasteiger partial charge is 0.333 e. The zero-order valence-corrected chi connectivity index (χ0v) is 14.0. The van der Waals surface area contributed by atoms with Gasteiger partial charge in [0, 0.05) is 29.4 Å². The number of nitro groups is 1. The van der Waals surface area contributed by atoms with Crippen LogP contribution < -0.4 is 10.0 Å². The van der Waals surface area contributed by atoms with Crippen molar-refractivity contribution >= 4 is 27.4 Å². The zero-order chi connectivity index (χ0) is 18.8. The summed E-state index contributed by atoms with van der Waals surface area (Å²) in [6, 6.07) is 4.85. The molecular formula is C14H15N3O7S. The number of rotatable bonds is 5. The number of non-ortho nitro benzene ring substituents is 1. The molecule has 25 heavy (non-hydrogen) atoms. The Morgan fingerprint density at radius 3 is 2.36 bits per heavy atom. The predicted molar refractivity (Wildman–Crippen MR) is 86.4 cm³/mol. The molecule has 2 rings (SSSR count). The van der Waals surface area contributed by atoms with Crippen LogP contribution in [-0.4, -0.2) is 24.5 Å². The van der Waals surface area contributed by atoms with Crippen LogP contribution >= 0.6 is 0 Å². The Morgan fingerprint density at radius 2 is 1.88 bits per heavy atom. The molecule has 134 valence electrons. The molecule has 0 atom stereocenters. The maximum absolute atomic E-state index is 12.1. The summed E-state index contributed by atoms with van der Waals surface area (Å²) in [7, 11) is -4.29. The van der Waals surface area contributed by atoms with Crippen LogP contribution in [0.3, 0.4) is 0 Å². The van der Waals surface area contributed by atoms with Crippen molar-refractivity contribution in [3.05, 3.63) is 52.3 Å². The summed E-state index contributed by atoms with van der Waals surface area (Å²) in [4.78, 5) is 21.7. The van der Waals surface area contributed by atoms with Gasteiger partial charge in [0.05, 0.1) is 16.8 Å². The summed E-state index contributed by atoms with van der Waals surface area (Å²) >= 11 is 0. The van der Waals surface area contributed by atoms with Gasteiger partial charge < -0.3 is 14.8 Å². The standard InChI is InChI=1S/C14H15N3O7S/c1-14(2,19)9-7-12(24-8-9)25(22,23)16-13(18)15-10-3-5-11(6-4-10)17(20)21/h3-8,19H,1-2H3,(H2,15,16,18). The van der Waals surface area contributed by atoms with Crippen LogP contribution in [0.25, 0.3) is 0 Å². The summed E-state index contributed by atoms with van der Waals surface area (Å²) in [6.45, 7) is 2.89. The molecule has 0 aliphatic rings. The number of hydrogen-bond donors (Lipinski definition) is 3. The van der Waals surface area contributed by atoms with Crippen LogP contribution in [0, 0.1) is 10.1 Å². The molecule has 0 saturated heterocycles. The maximum atomic E-state index is 12.1. The lowest BCUT2D eigenvalue weighted by molar-refractivity contribution is -0.384. The van der Waals surface area contributed by atoms with Crippen LogP contribution in [0.2, 0.25) is 0 Å². The third-order valence-corrected chi connectivity index (χ3v) is 4.31. The molecule has 0 unspecified atom stereocenters. The fraction of sp³-hybridized carbons (Fsp3) is 0.214. The number of sulfonamides is 1. The van der Waals surface area contributed by atoms with E-state index in [1.54, 1.807) is 4.72 Å². The largest absolute Gasteiger partial charge is 0.451 e. The van der Waals surface area contributed by atoms with Gasteiger partial charge in [-0.05, 0) is 26.0 Å². The van der Waals surface area contributed by atoms with Gasteiger partial charge in [0.1, 0.15) is 0 Å². The number of anilines is 1. The number of urea groups is 1. The lowest BCUT2D eigenvalue weighted by Gasteiger charge is -2.13. The predicted octanol–water partition coefficient (Wildman–Crippen LogP) is 1.93. The average Bonchev–Trinajstić information content (AvgIpc) is 2.97. The quantitative estimate of drug-likeness (QED) is 0.538. The molecule has 3 N–H and O–H groups in total. The van der Waals surface area contributed by atoms with Gasteiger partial charge in [-0.25, -0.2) is 9.52 Å². The lowest BCUT2D eigenvalue weighted by atomic mass is 10.0. The second kappa shape index (κ2) is 6.53. The topological polar surface area (TPSA) is 152 Å². The second-order valence-corrected chi connectivity index (χ2v) is 7.19. The van der Waals surface area contributed by atoms with Crippen molar-refractivity contribution in [1.29, 1.82) is 0 Å². The normalized spacial score (nSPS) is 11.8. The van der Waals surface area contributed by atoms with Crippen molar-refractivity contribution in [2.24, 2.45) is 0 Å². The van der Waals surface area contributed by atoms with Crippen molar-refractivity contribution in [2.75, 3.05) is 5.32 Å². The van der Waals surface area contributed by atoms with E-state index in [0.29, 0.717) is 0 Å². The summed E-state index contributed by atoms with van der Waals surface area (Å²) < 4.78 is 30.8. The molecule has 0 radical (unpaired) electrons. The minimum absolute atomic E-state index is 0.162. The minimum atomic E-state index is -4.29. The molecule has 0 aliphatic carbocycles. The first-order valence-corrected chi connectivity index (χ1v) is 8.37. The number of aliphatic hydroxyl groups is 1. The van der Waals surface area contributed by atoms with E-state index in [1.165, 1.54) is 26.0 Å². The Bertz CT molecular complexity index is 895. The van der Waals surface area contributed by atoms with Gasteiger partial charge in [0.15, 0.2) is 0 Å². The van der Waals surface area contributed by atoms with E-state index in [9.17, 15) is 28.4 Å². The van der Waals surface area contributed by atoms with E-state index < -0.39 is 31.7 Å². The van der Waals surface area contributed by atoms with E-state index in [1.807, 2.05) is 0 Å². The molecule has 0 spiro atoms. The van der Waals surface area contributed by atoms with Gasteiger partial charge in [0.2, 0.25) is 5.09 Å². The zero-order valence-electron chi connectivity index (χ0n) is 13.2. The molecule has 2 amide bonds. The Labute approximate surface area is 142 Å². The Morgan fingerprint density at radius 1 is 1.28 bits per heavy atom. The van der Waals surface area contributed by atoms with Gasteiger partial charge in [-0.2, -0.15) is 8.42 Å². The van der Waals surface area contributed by atoms with Crippen molar-refractivity contribution in [3.63, 3.8) is 0 Å². The number of amides is 2. The number of carbonyl (C=O) groups excluding carboxylic acids is 1. The third kappa shape index (κ3) is 4.55. The molecule has 1 aromatic heterocycles. The van der Waals surface area contributed by atoms with E-state index in [4.69, 9.17) is 4.42 Å². The lowest BCUT2D eigenvalue weighted by Crippen LogP contribution is -2.34. The highest BCUT2D eigenvalue weighted by Crippen LogP contribution is 2.24. The number of carbonyl (C=O) groups is 1. The van der Waals surface area contributed by atoms with Crippen LogP contribution in [-0.2, 0) is 15.6 Å². The van der Waals surface area contributed by atoms with E-state index in [0.717, 1.165) is 24.5 Å². The van der Waals surface area contributed by atoms with Crippen LogP contribution in [0.1, 0.15) is 19.4 Å². The Balaban J connectivity index is 2.08. The minimum Gasteiger partial charge on any atom is -0.451 e. The first kappa shape index (κ1) is 18.4. The highest BCUT2D eigenvalue weighted by Gasteiger charge is 2.26. The summed E-state index contributed by atoms with van der Waals surface area (Å²) in [5, 5.41) is 22.0. The number of furan rings is 1. The Kier molecular flexibility index (Phi) is 4.81. The number of nitrogens with zero attached hydrogens (tertiary/aromatic N) is 1. The Hall–Kier alpha value is -2.92. The van der Waals surface area contributed by atoms with Crippen molar-refractivity contribution in [3.8, 4) is 0 Å². The number of benzene rings is 1. The van der Waals surface area contributed by atoms with Crippen LogP contribution in [0.15, 0.2) is 46.1 Å². The highest BCUT2D eigenvalue weighted by atomic mass is 32.2. The van der Waals surface area contributed by atoms with Crippen molar-refractivity contribution < 1.29 is 27.7 Å². The second-order valence-electron chi connectivity index (χ2n) is 5.58. The number of nitrogens with one attached hydrogen (secondary N) is 2. The number of nitro benzene ring substituents is 1. The SMILES string of the molecule is CC(C)(O)c1coc(S(=O)(=O)NC(=O)Nc2ccc([N+](=O)[O-])cc2)c1. The fourth-order valence-electron chi connectivity index (χ4n) is 1.77. The molecule has 11 heteroatoms. The summed E-state index contributed by atoms with van der Waals surface area (Å²) in [5.74, 6) is 0. The number of hydrogen-bond acceptors (Lipinski definition) is 7. The maximum Gasteiger partial charge on any atom is 0.333 e. The average molecular weight is 369 g/mol. The van der Waals surface area contributed by atoms with Gasteiger partial charge >= 0.3 is 6.03 Å². The molecule has 0 aliphatic heterocycles. The molecule has 0 saturated carbocycles. The molecular weight excluding hydrogens is 354 g/mol. The monoisotopic (exact) mass is 369 g/mol. The van der Waals surface area contributed by atoms with Crippen LogP contribution in [0.5, 0.6) is 0 Å². The van der Waals surface area contributed by atoms with E-state index >= 15 is 0 Å². The summed E-state index contributed by atoms with van der Waals surface area (Å²) in [5.41, 5.74) is -1.09.